The Labute approximate surface area is 142 Å². The van der Waals surface area contributed by atoms with Gasteiger partial charge in [-0.2, -0.15) is 0 Å². The quantitative estimate of drug-likeness (QED) is 0.535. The van der Waals surface area contributed by atoms with Crippen LogP contribution < -0.4 is 5.46 Å². The predicted octanol–water partition coefficient (Wildman–Crippen LogP) is 4.02. The first kappa shape index (κ1) is 19.7. The van der Waals surface area contributed by atoms with E-state index in [0.29, 0.717) is 6.42 Å². The highest BCUT2D eigenvalue weighted by Crippen LogP contribution is 2.32. The van der Waals surface area contributed by atoms with Crippen LogP contribution in [-0.2, 0) is 22.3 Å². The second-order valence-corrected chi connectivity index (χ2v) is 7.62. The third-order valence-corrected chi connectivity index (χ3v) is 4.64. The molecule has 1 aromatic carbocycles. The van der Waals surface area contributed by atoms with Crippen LogP contribution in [0.4, 0.5) is 0 Å². The second kappa shape index (κ2) is 7.96. The Kier molecular flexibility index (Phi) is 6.82. The molecule has 0 amide bonds. The Hall–Kier alpha value is -1.35. The van der Waals surface area contributed by atoms with E-state index in [-0.39, 0.29) is 16.8 Å². The molecule has 0 spiro atoms. The van der Waals surface area contributed by atoms with Crippen LogP contribution in [0, 0.1) is 5.41 Å². The van der Waals surface area contributed by atoms with Crippen LogP contribution in [0.5, 0.6) is 0 Å². The number of hydrogen-bond acceptors (Lipinski definition) is 2. The minimum Gasteiger partial charge on any atom is -0.429 e. The van der Waals surface area contributed by atoms with Gasteiger partial charge in [0.05, 0.1) is 5.60 Å². The molecule has 0 fully saturated rings. The molecule has 0 aliphatic rings. The molecular formula is C20H30BO2. The lowest BCUT2D eigenvalue weighted by Gasteiger charge is -2.39. The molecule has 0 saturated heterocycles. The Morgan fingerprint density at radius 1 is 1.22 bits per heavy atom. The molecule has 0 N–H and O–H groups in total. The summed E-state index contributed by atoms with van der Waals surface area (Å²) in [5.41, 5.74) is 3.06. The number of carbonyl (C=O) groups is 1. The molecule has 1 rings (SSSR count). The van der Waals surface area contributed by atoms with E-state index in [2.05, 4.69) is 66.3 Å². The lowest BCUT2D eigenvalue weighted by molar-refractivity contribution is -0.114. The minimum absolute atomic E-state index is 0.0350. The summed E-state index contributed by atoms with van der Waals surface area (Å²) in [6.45, 7) is 16.4. The molecule has 1 aromatic rings. The molecule has 0 aliphatic heterocycles. The number of allylic oxidation sites excluding steroid dienone is 1. The van der Waals surface area contributed by atoms with Crippen molar-refractivity contribution >= 4 is 18.7 Å². The van der Waals surface area contributed by atoms with Crippen molar-refractivity contribution in [1.29, 1.82) is 0 Å². The first-order valence-corrected chi connectivity index (χ1v) is 8.39. The van der Waals surface area contributed by atoms with Crippen molar-refractivity contribution < 1.29 is 9.45 Å². The smallest absolute Gasteiger partial charge is 0.330 e. The van der Waals surface area contributed by atoms with Gasteiger partial charge < -0.3 is 4.65 Å². The average Bonchev–Trinajstić information content (AvgIpc) is 2.46. The van der Waals surface area contributed by atoms with Crippen LogP contribution in [-0.4, -0.2) is 18.9 Å². The standard InChI is InChI=1S/C20H30BO2/c1-8-10-15-11-12-17(13-16(15)14-18(22)9-2)21-23-20(6,7)19(3,4)5/h9,11-13H,2,8,10,14H2,1,3-7H3. The summed E-state index contributed by atoms with van der Waals surface area (Å²) in [4.78, 5) is 11.7. The van der Waals surface area contributed by atoms with Crippen LogP contribution in [0.2, 0.25) is 0 Å². The number of rotatable bonds is 8. The fraction of sp³-hybridized carbons (Fsp3) is 0.550. The van der Waals surface area contributed by atoms with Crippen LogP contribution in [0.25, 0.3) is 0 Å². The Morgan fingerprint density at radius 2 is 1.87 bits per heavy atom. The van der Waals surface area contributed by atoms with Crippen molar-refractivity contribution in [2.24, 2.45) is 5.41 Å². The molecule has 125 valence electrons. The summed E-state index contributed by atoms with van der Waals surface area (Å²) in [7, 11) is 1.81. The van der Waals surface area contributed by atoms with Gasteiger partial charge >= 0.3 is 7.48 Å². The highest BCUT2D eigenvalue weighted by atomic mass is 16.5. The van der Waals surface area contributed by atoms with Gasteiger partial charge in [0, 0.05) is 6.42 Å². The van der Waals surface area contributed by atoms with Gasteiger partial charge in [-0.1, -0.05) is 64.4 Å². The minimum atomic E-state index is -0.272. The largest absolute Gasteiger partial charge is 0.429 e. The molecular weight excluding hydrogens is 283 g/mol. The van der Waals surface area contributed by atoms with Crippen molar-refractivity contribution in [2.75, 3.05) is 0 Å². The zero-order valence-corrected chi connectivity index (χ0v) is 15.5. The number of hydrogen-bond donors (Lipinski definition) is 0. The van der Waals surface area contributed by atoms with Crippen LogP contribution in [0.1, 0.15) is 59.1 Å². The zero-order chi connectivity index (χ0) is 17.7. The summed E-state index contributed by atoms with van der Waals surface area (Å²) in [6, 6.07) is 6.23. The summed E-state index contributed by atoms with van der Waals surface area (Å²) >= 11 is 0. The van der Waals surface area contributed by atoms with Crippen LogP contribution >= 0.6 is 0 Å². The van der Waals surface area contributed by atoms with Gasteiger partial charge in [0.25, 0.3) is 0 Å². The summed E-state index contributed by atoms with van der Waals surface area (Å²) in [6.07, 6.45) is 3.84. The van der Waals surface area contributed by atoms with E-state index < -0.39 is 0 Å². The van der Waals surface area contributed by atoms with E-state index in [9.17, 15) is 4.79 Å². The van der Waals surface area contributed by atoms with Gasteiger partial charge in [0.2, 0.25) is 0 Å². The first-order chi connectivity index (χ1) is 10.6. The molecule has 0 saturated carbocycles. The maximum atomic E-state index is 11.7. The van der Waals surface area contributed by atoms with Crippen molar-refractivity contribution in [3.63, 3.8) is 0 Å². The van der Waals surface area contributed by atoms with Gasteiger partial charge in [-0.25, -0.2) is 0 Å². The number of ketones is 1. The zero-order valence-electron chi connectivity index (χ0n) is 15.5. The molecule has 0 aromatic heterocycles. The van der Waals surface area contributed by atoms with Crippen molar-refractivity contribution in [2.45, 2.75) is 66.4 Å². The summed E-state index contributed by atoms with van der Waals surface area (Å²) in [5.74, 6) is 0.0513. The molecule has 0 atom stereocenters. The van der Waals surface area contributed by atoms with Gasteiger partial charge in [-0.15, -0.1) is 0 Å². The van der Waals surface area contributed by atoms with E-state index in [1.807, 2.05) is 7.48 Å². The Balaban J connectivity index is 2.94. The van der Waals surface area contributed by atoms with Crippen LogP contribution in [0.15, 0.2) is 30.9 Å². The molecule has 0 aliphatic carbocycles. The topological polar surface area (TPSA) is 26.3 Å². The van der Waals surface area contributed by atoms with E-state index >= 15 is 0 Å². The third-order valence-electron chi connectivity index (χ3n) is 4.64. The molecule has 0 unspecified atom stereocenters. The molecule has 3 heteroatoms. The lowest BCUT2D eigenvalue weighted by Crippen LogP contribution is -2.42. The van der Waals surface area contributed by atoms with E-state index in [1.54, 1.807) is 0 Å². The van der Waals surface area contributed by atoms with E-state index in [4.69, 9.17) is 4.65 Å². The Bertz CT molecular complexity index is 553. The molecule has 2 nitrogen and oxygen atoms in total. The molecule has 0 bridgehead atoms. The average molecular weight is 313 g/mol. The van der Waals surface area contributed by atoms with Gasteiger partial charge in [-0.3, -0.25) is 4.79 Å². The summed E-state index contributed by atoms with van der Waals surface area (Å²) in [5, 5.41) is 0. The third kappa shape index (κ3) is 5.65. The number of carbonyl (C=O) groups excluding carboxylic acids is 1. The molecule has 0 heterocycles. The van der Waals surface area contributed by atoms with Crippen molar-refractivity contribution in [3.8, 4) is 0 Å². The lowest BCUT2D eigenvalue weighted by atomic mass is 9.76. The molecule has 23 heavy (non-hydrogen) atoms. The Morgan fingerprint density at radius 3 is 2.39 bits per heavy atom. The van der Waals surface area contributed by atoms with E-state index in [0.717, 1.165) is 23.9 Å². The highest BCUT2D eigenvalue weighted by molar-refractivity contribution is 6.47. The fourth-order valence-electron chi connectivity index (χ4n) is 2.05. The highest BCUT2D eigenvalue weighted by Gasteiger charge is 2.33. The monoisotopic (exact) mass is 313 g/mol. The van der Waals surface area contributed by atoms with Crippen molar-refractivity contribution in [3.05, 3.63) is 42.0 Å². The van der Waals surface area contributed by atoms with Crippen molar-refractivity contribution in [1.82, 2.24) is 0 Å². The normalized spacial score (nSPS) is 12.1. The second-order valence-electron chi connectivity index (χ2n) is 7.62. The van der Waals surface area contributed by atoms with Gasteiger partial charge in [0.1, 0.15) is 0 Å². The molecule has 1 radical (unpaired) electrons. The summed E-state index contributed by atoms with van der Waals surface area (Å²) < 4.78 is 6.04. The van der Waals surface area contributed by atoms with Crippen LogP contribution in [0.3, 0.4) is 0 Å². The number of benzene rings is 1. The maximum Gasteiger partial charge on any atom is 0.330 e. The fourth-order valence-corrected chi connectivity index (χ4v) is 2.05. The van der Waals surface area contributed by atoms with Gasteiger partial charge in [0.15, 0.2) is 5.78 Å². The van der Waals surface area contributed by atoms with E-state index in [1.165, 1.54) is 11.6 Å². The number of aryl methyl sites for hydroxylation is 1. The first-order valence-electron chi connectivity index (χ1n) is 8.39. The van der Waals surface area contributed by atoms with Gasteiger partial charge in [-0.05, 0) is 42.9 Å². The SMILES string of the molecule is C=CC(=O)Cc1cc([B]OC(C)(C)C(C)(C)C)ccc1CCC. The maximum absolute atomic E-state index is 11.7. The predicted molar refractivity (Wildman–Crippen MR) is 99.4 cm³/mol.